The fourth-order valence-electron chi connectivity index (χ4n) is 2.51. The van der Waals surface area contributed by atoms with Crippen molar-refractivity contribution >= 4 is 17.2 Å². The first-order valence-corrected chi connectivity index (χ1v) is 7.02. The Kier molecular flexibility index (Phi) is 3.33. The molecule has 0 atom stereocenters. The van der Waals surface area contributed by atoms with Gasteiger partial charge in [0.05, 0.1) is 5.69 Å². The van der Waals surface area contributed by atoms with Crippen LogP contribution < -0.4 is 5.32 Å². The summed E-state index contributed by atoms with van der Waals surface area (Å²) in [5, 5.41) is 12.3. The van der Waals surface area contributed by atoms with E-state index in [2.05, 4.69) is 10.3 Å². The Hall–Kier alpha value is -2.82. The van der Waals surface area contributed by atoms with Crippen LogP contribution in [0.25, 0.3) is 5.65 Å². The van der Waals surface area contributed by atoms with Gasteiger partial charge >= 0.3 is 0 Å². The molecule has 2 heterocycles. The van der Waals surface area contributed by atoms with Crippen molar-refractivity contribution in [2.45, 2.75) is 20.8 Å². The highest BCUT2D eigenvalue weighted by molar-refractivity contribution is 6.04. The lowest BCUT2D eigenvalue weighted by molar-refractivity contribution is 0.102. The first kappa shape index (κ1) is 14.1. The van der Waals surface area contributed by atoms with Gasteiger partial charge in [-0.15, -0.1) is 0 Å². The van der Waals surface area contributed by atoms with Gasteiger partial charge in [-0.25, -0.2) is 4.98 Å². The molecule has 22 heavy (non-hydrogen) atoms. The van der Waals surface area contributed by atoms with Crippen molar-refractivity contribution in [1.29, 1.82) is 0 Å². The fraction of sp³-hybridized carbons (Fsp3) is 0.176. The van der Waals surface area contributed by atoms with Crippen molar-refractivity contribution < 1.29 is 9.90 Å². The van der Waals surface area contributed by atoms with Crippen molar-refractivity contribution in [1.82, 2.24) is 9.38 Å². The quantitative estimate of drug-likeness (QED) is 0.713. The van der Waals surface area contributed by atoms with E-state index in [1.54, 1.807) is 22.6 Å². The number of fused-ring (bicyclic) bond motifs is 1. The van der Waals surface area contributed by atoms with Crippen LogP contribution in [-0.2, 0) is 0 Å². The molecule has 5 nitrogen and oxygen atoms in total. The summed E-state index contributed by atoms with van der Waals surface area (Å²) >= 11 is 0. The number of aromatic hydroxyl groups is 1. The van der Waals surface area contributed by atoms with Crippen molar-refractivity contribution in [2.75, 3.05) is 5.32 Å². The van der Waals surface area contributed by atoms with Crippen molar-refractivity contribution in [3.8, 4) is 5.75 Å². The number of aromatic nitrogens is 2. The summed E-state index contributed by atoms with van der Waals surface area (Å²) in [5.74, 6) is -0.0420. The van der Waals surface area contributed by atoms with E-state index in [0.29, 0.717) is 17.1 Å². The first-order chi connectivity index (χ1) is 10.5. The normalized spacial score (nSPS) is 10.9. The molecule has 0 bridgehead atoms. The molecule has 0 spiro atoms. The molecule has 0 aliphatic rings. The van der Waals surface area contributed by atoms with Gasteiger partial charge in [-0.3, -0.25) is 9.20 Å². The molecular formula is C17H17N3O2. The molecule has 5 heteroatoms. The number of carbonyl (C=O) groups is 1. The van der Waals surface area contributed by atoms with Crippen LogP contribution in [0.1, 0.15) is 27.3 Å². The minimum absolute atomic E-state index is 0.178. The number of aryl methyl sites for hydroxylation is 3. The van der Waals surface area contributed by atoms with E-state index in [4.69, 9.17) is 0 Å². The molecule has 0 aliphatic heterocycles. The van der Waals surface area contributed by atoms with Crippen molar-refractivity contribution in [3.05, 3.63) is 59.0 Å². The predicted molar refractivity (Wildman–Crippen MR) is 85.5 cm³/mol. The number of nitrogens with zero attached hydrogens (tertiary/aromatic N) is 2. The molecule has 0 fully saturated rings. The standard InChI is InChI=1S/C17H17N3O2/c1-10-6-7-20-15(8-10)18-12(3)16(20)17(22)19-14-5-4-13(21)9-11(14)2/h4-9,21H,1-3H3,(H,19,22). The number of carbonyl (C=O) groups excluding carboxylic acids is 1. The van der Waals surface area contributed by atoms with Gasteiger partial charge in [0.2, 0.25) is 0 Å². The second kappa shape index (κ2) is 5.18. The van der Waals surface area contributed by atoms with Gasteiger partial charge in [0.25, 0.3) is 5.91 Å². The Bertz CT molecular complexity index is 881. The number of phenols is 1. The minimum Gasteiger partial charge on any atom is -0.508 e. The van der Waals surface area contributed by atoms with Gasteiger partial charge in [-0.2, -0.15) is 0 Å². The Morgan fingerprint density at radius 1 is 1.18 bits per heavy atom. The zero-order chi connectivity index (χ0) is 15.9. The predicted octanol–water partition coefficient (Wildman–Crippen LogP) is 3.22. The summed E-state index contributed by atoms with van der Waals surface area (Å²) in [6.07, 6.45) is 1.85. The van der Waals surface area contributed by atoms with E-state index in [1.807, 2.05) is 39.1 Å². The molecule has 0 aliphatic carbocycles. The fourth-order valence-corrected chi connectivity index (χ4v) is 2.51. The highest BCUT2D eigenvalue weighted by atomic mass is 16.3. The number of nitrogens with one attached hydrogen (secondary N) is 1. The Morgan fingerprint density at radius 2 is 1.95 bits per heavy atom. The number of benzene rings is 1. The molecule has 2 N–H and O–H groups in total. The molecule has 0 saturated carbocycles. The van der Waals surface area contributed by atoms with E-state index < -0.39 is 0 Å². The van der Waals surface area contributed by atoms with Crippen LogP contribution >= 0.6 is 0 Å². The van der Waals surface area contributed by atoms with Crippen LogP contribution in [0, 0.1) is 20.8 Å². The van der Waals surface area contributed by atoms with Crippen LogP contribution in [0.5, 0.6) is 5.75 Å². The topological polar surface area (TPSA) is 66.6 Å². The van der Waals surface area contributed by atoms with Gasteiger partial charge in [0, 0.05) is 11.9 Å². The molecular weight excluding hydrogens is 278 g/mol. The Morgan fingerprint density at radius 3 is 2.68 bits per heavy atom. The lowest BCUT2D eigenvalue weighted by Crippen LogP contribution is -2.16. The summed E-state index contributed by atoms with van der Waals surface area (Å²) in [6, 6.07) is 8.73. The Balaban J connectivity index is 2.00. The number of anilines is 1. The van der Waals surface area contributed by atoms with E-state index >= 15 is 0 Å². The van der Waals surface area contributed by atoms with Crippen LogP contribution in [0.3, 0.4) is 0 Å². The summed E-state index contributed by atoms with van der Waals surface area (Å²) < 4.78 is 1.79. The number of hydrogen-bond donors (Lipinski definition) is 2. The maximum absolute atomic E-state index is 12.6. The molecule has 0 unspecified atom stereocenters. The van der Waals surface area contributed by atoms with Gasteiger partial charge in [0.1, 0.15) is 17.1 Å². The summed E-state index contributed by atoms with van der Waals surface area (Å²) in [6.45, 7) is 5.64. The lowest BCUT2D eigenvalue weighted by Gasteiger charge is -2.09. The van der Waals surface area contributed by atoms with Crippen molar-refractivity contribution in [2.24, 2.45) is 0 Å². The minimum atomic E-state index is -0.220. The van der Waals surface area contributed by atoms with Gasteiger partial charge in [-0.1, -0.05) is 0 Å². The molecule has 112 valence electrons. The third-order valence-electron chi connectivity index (χ3n) is 3.63. The molecule has 3 aromatic rings. The second-order valence-corrected chi connectivity index (χ2v) is 5.43. The summed E-state index contributed by atoms with van der Waals surface area (Å²) in [5.41, 5.74) is 4.52. The number of amides is 1. The molecule has 1 aromatic carbocycles. The van der Waals surface area contributed by atoms with Crippen LogP contribution in [-0.4, -0.2) is 20.4 Å². The van der Waals surface area contributed by atoms with Gasteiger partial charge in [-0.05, 0) is 62.2 Å². The largest absolute Gasteiger partial charge is 0.508 e. The van der Waals surface area contributed by atoms with E-state index in [9.17, 15) is 9.90 Å². The molecule has 2 aromatic heterocycles. The Labute approximate surface area is 128 Å². The van der Waals surface area contributed by atoms with Crippen molar-refractivity contribution in [3.63, 3.8) is 0 Å². The highest BCUT2D eigenvalue weighted by Crippen LogP contribution is 2.22. The zero-order valence-corrected chi connectivity index (χ0v) is 12.7. The third kappa shape index (κ3) is 2.41. The number of phenolic OH excluding ortho intramolecular Hbond substituents is 1. The second-order valence-electron chi connectivity index (χ2n) is 5.43. The van der Waals surface area contributed by atoms with E-state index in [-0.39, 0.29) is 11.7 Å². The summed E-state index contributed by atoms with van der Waals surface area (Å²) in [7, 11) is 0. The number of hydrogen-bond acceptors (Lipinski definition) is 3. The van der Waals surface area contributed by atoms with E-state index in [0.717, 1.165) is 16.8 Å². The van der Waals surface area contributed by atoms with Crippen LogP contribution in [0.15, 0.2) is 36.5 Å². The lowest BCUT2D eigenvalue weighted by atomic mass is 10.2. The monoisotopic (exact) mass is 295 g/mol. The smallest absolute Gasteiger partial charge is 0.274 e. The number of imidazole rings is 1. The number of rotatable bonds is 2. The van der Waals surface area contributed by atoms with Crippen LogP contribution in [0.2, 0.25) is 0 Å². The first-order valence-electron chi connectivity index (χ1n) is 7.02. The third-order valence-corrected chi connectivity index (χ3v) is 3.63. The maximum Gasteiger partial charge on any atom is 0.274 e. The van der Waals surface area contributed by atoms with E-state index in [1.165, 1.54) is 0 Å². The summed E-state index contributed by atoms with van der Waals surface area (Å²) in [4.78, 5) is 17.0. The van der Waals surface area contributed by atoms with Gasteiger partial charge < -0.3 is 10.4 Å². The SMILES string of the molecule is Cc1ccn2c(C(=O)Nc3ccc(O)cc3C)c(C)nc2c1. The van der Waals surface area contributed by atoms with Gasteiger partial charge in [0.15, 0.2) is 0 Å². The molecule has 1 amide bonds. The maximum atomic E-state index is 12.6. The van der Waals surface area contributed by atoms with Crippen LogP contribution in [0.4, 0.5) is 5.69 Å². The number of pyridine rings is 1. The highest BCUT2D eigenvalue weighted by Gasteiger charge is 2.17. The molecule has 0 saturated heterocycles. The molecule has 3 rings (SSSR count). The average Bonchev–Trinajstić information content (AvgIpc) is 2.76. The zero-order valence-electron chi connectivity index (χ0n) is 12.7. The average molecular weight is 295 g/mol. The molecule has 0 radical (unpaired) electrons.